The van der Waals surface area contributed by atoms with Gasteiger partial charge >= 0.3 is 0 Å². The number of ether oxygens (including phenoxy) is 1. The van der Waals surface area contributed by atoms with Gasteiger partial charge in [0, 0.05) is 20.1 Å². The van der Waals surface area contributed by atoms with Crippen molar-refractivity contribution in [2.24, 2.45) is 4.99 Å². The van der Waals surface area contributed by atoms with Crippen LogP contribution in [0.25, 0.3) is 0 Å². The topological polar surface area (TPSA) is 66.0 Å². The number of nitrogens with zero attached hydrogens (tertiary/aromatic N) is 2. The predicted octanol–water partition coefficient (Wildman–Crippen LogP) is 2.11. The van der Waals surface area contributed by atoms with Gasteiger partial charge in [-0.15, -0.1) is 24.0 Å². The summed E-state index contributed by atoms with van der Waals surface area (Å²) in [4.78, 5) is 18.0. The first kappa shape index (κ1) is 22.5. The number of nitrogens with one attached hydrogen (secondary N) is 2. The summed E-state index contributed by atoms with van der Waals surface area (Å²) in [6.45, 7) is 6.82. The molecule has 1 aromatic rings. The van der Waals surface area contributed by atoms with Crippen LogP contribution in [0.5, 0.6) is 5.75 Å². The normalized spacial score (nSPS) is 10.5. The molecule has 7 heteroatoms. The van der Waals surface area contributed by atoms with E-state index < -0.39 is 0 Å². The summed E-state index contributed by atoms with van der Waals surface area (Å²) in [5.41, 5.74) is 0. The Morgan fingerprint density at radius 1 is 1.21 bits per heavy atom. The molecule has 6 nitrogen and oxygen atoms in total. The number of para-hydroxylation sites is 1. The van der Waals surface area contributed by atoms with Crippen LogP contribution in [0.1, 0.15) is 20.3 Å². The summed E-state index contributed by atoms with van der Waals surface area (Å²) in [6.07, 6.45) is 0.923. The third kappa shape index (κ3) is 9.59. The van der Waals surface area contributed by atoms with Crippen molar-refractivity contribution >= 4 is 35.8 Å². The van der Waals surface area contributed by atoms with Crippen LogP contribution in [0, 0.1) is 0 Å². The van der Waals surface area contributed by atoms with Crippen molar-refractivity contribution in [1.82, 2.24) is 15.5 Å². The second-order valence-electron chi connectivity index (χ2n) is 5.10. The van der Waals surface area contributed by atoms with Crippen LogP contribution in [0.15, 0.2) is 35.3 Å². The number of aliphatic imine (C=N–C) groups is 1. The lowest BCUT2D eigenvalue weighted by Crippen LogP contribution is -2.41. The van der Waals surface area contributed by atoms with Gasteiger partial charge in [0.1, 0.15) is 18.9 Å². The van der Waals surface area contributed by atoms with Crippen LogP contribution in [0.2, 0.25) is 0 Å². The van der Waals surface area contributed by atoms with Crippen LogP contribution < -0.4 is 15.4 Å². The van der Waals surface area contributed by atoms with Crippen LogP contribution in [0.4, 0.5) is 0 Å². The fourth-order valence-electron chi connectivity index (χ4n) is 1.86. The maximum absolute atomic E-state index is 11.6. The molecule has 0 aliphatic carbocycles. The lowest BCUT2D eigenvalue weighted by Gasteiger charge is -2.22. The largest absolute Gasteiger partial charge is 0.492 e. The highest BCUT2D eigenvalue weighted by Crippen LogP contribution is 2.07. The molecular formula is C17H29IN4O2. The van der Waals surface area contributed by atoms with Gasteiger partial charge in [0.25, 0.3) is 0 Å². The monoisotopic (exact) mass is 448 g/mol. The summed E-state index contributed by atoms with van der Waals surface area (Å²) < 4.78 is 5.68. The van der Waals surface area contributed by atoms with Gasteiger partial charge in [-0.05, 0) is 25.5 Å². The van der Waals surface area contributed by atoms with E-state index >= 15 is 0 Å². The highest BCUT2D eigenvalue weighted by Gasteiger charge is 2.07. The maximum Gasteiger partial charge on any atom is 0.241 e. The van der Waals surface area contributed by atoms with E-state index in [1.165, 1.54) is 0 Å². The molecule has 0 saturated carbocycles. The summed E-state index contributed by atoms with van der Waals surface area (Å²) in [5, 5.41) is 6.00. The average Bonchev–Trinajstić information content (AvgIpc) is 2.57. The zero-order valence-electron chi connectivity index (χ0n) is 14.7. The molecule has 0 radical (unpaired) electrons. The molecular weight excluding hydrogens is 419 g/mol. The molecule has 0 unspecified atom stereocenters. The number of carbonyl (C=O) groups excluding carboxylic acids is 1. The molecule has 1 amide bonds. The first-order chi connectivity index (χ1) is 11.2. The number of benzene rings is 1. The van der Waals surface area contributed by atoms with E-state index in [0.717, 1.165) is 18.7 Å². The molecule has 0 fully saturated rings. The molecule has 2 N–H and O–H groups in total. The summed E-state index contributed by atoms with van der Waals surface area (Å²) >= 11 is 0. The molecule has 0 aliphatic rings. The number of carbonyl (C=O) groups is 1. The highest BCUT2D eigenvalue weighted by atomic mass is 127. The Kier molecular flexibility index (Phi) is 13.0. The lowest BCUT2D eigenvalue weighted by molar-refractivity contribution is -0.119. The Bertz CT molecular complexity index is 483. The molecule has 0 spiro atoms. The van der Waals surface area contributed by atoms with Crippen molar-refractivity contribution < 1.29 is 9.53 Å². The number of likely N-dealkylation sites (N-methyl/N-ethyl adjacent to an activating group) is 1. The van der Waals surface area contributed by atoms with Gasteiger partial charge in [-0.2, -0.15) is 0 Å². The number of rotatable bonds is 9. The van der Waals surface area contributed by atoms with Gasteiger partial charge < -0.3 is 20.3 Å². The van der Waals surface area contributed by atoms with Crippen LogP contribution in [-0.2, 0) is 4.79 Å². The molecule has 0 aliphatic heterocycles. The van der Waals surface area contributed by atoms with Gasteiger partial charge in [0.2, 0.25) is 5.91 Å². The summed E-state index contributed by atoms with van der Waals surface area (Å²) in [7, 11) is 1.93. The average molecular weight is 448 g/mol. The minimum absolute atomic E-state index is 0. The van der Waals surface area contributed by atoms with E-state index in [2.05, 4.69) is 15.6 Å². The quantitative estimate of drug-likeness (QED) is 0.345. The second kappa shape index (κ2) is 13.9. The first-order valence-electron chi connectivity index (χ1n) is 8.11. The van der Waals surface area contributed by atoms with E-state index in [4.69, 9.17) is 4.74 Å². The SMILES string of the molecule is CCCNC(=O)CN=C(NCC)N(C)CCOc1ccccc1.I. The van der Waals surface area contributed by atoms with Crippen molar-refractivity contribution in [2.45, 2.75) is 20.3 Å². The number of hydrogen-bond donors (Lipinski definition) is 2. The van der Waals surface area contributed by atoms with Crippen LogP contribution in [-0.4, -0.2) is 56.6 Å². The van der Waals surface area contributed by atoms with Gasteiger partial charge in [0.05, 0.1) is 6.54 Å². The van der Waals surface area contributed by atoms with Gasteiger partial charge in [-0.25, -0.2) is 4.99 Å². The number of halogens is 1. The third-order valence-electron chi connectivity index (χ3n) is 3.08. The zero-order valence-corrected chi connectivity index (χ0v) is 17.1. The van der Waals surface area contributed by atoms with Crippen molar-refractivity contribution in [2.75, 3.05) is 39.8 Å². The zero-order chi connectivity index (χ0) is 16.9. The number of guanidine groups is 1. The molecule has 0 atom stereocenters. The van der Waals surface area contributed by atoms with Crippen LogP contribution in [0.3, 0.4) is 0 Å². The predicted molar refractivity (Wildman–Crippen MR) is 109 cm³/mol. The minimum Gasteiger partial charge on any atom is -0.492 e. The molecule has 0 bridgehead atoms. The molecule has 136 valence electrons. The van der Waals surface area contributed by atoms with Crippen molar-refractivity contribution in [3.63, 3.8) is 0 Å². The molecule has 0 heterocycles. The highest BCUT2D eigenvalue weighted by molar-refractivity contribution is 14.0. The molecule has 24 heavy (non-hydrogen) atoms. The maximum atomic E-state index is 11.6. The Morgan fingerprint density at radius 3 is 2.54 bits per heavy atom. The minimum atomic E-state index is -0.0591. The second-order valence-corrected chi connectivity index (χ2v) is 5.10. The van der Waals surface area contributed by atoms with Gasteiger partial charge in [-0.1, -0.05) is 25.1 Å². The van der Waals surface area contributed by atoms with E-state index in [9.17, 15) is 4.79 Å². The summed E-state index contributed by atoms with van der Waals surface area (Å²) in [6, 6.07) is 9.70. The Morgan fingerprint density at radius 2 is 1.92 bits per heavy atom. The number of hydrogen-bond acceptors (Lipinski definition) is 3. The van der Waals surface area contributed by atoms with E-state index in [1.54, 1.807) is 0 Å². The molecule has 0 saturated heterocycles. The van der Waals surface area contributed by atoms with Crippen molar-refractivity contribution in [1.29, 1.82) is 0 Å². The van der Waals surface area contributed by atoms with Gasteiger partial charge in [0.15, 0.2) is 5.96 Å². The fraction of sp³-hybridized carbons (Fsp3) is 0.529. The number of amides is 1. The Labute approximate surface area is 162 Å². The molecule has 0 aromatic heterocycles. The Hall–Kier alpha value is -1.51. The van der Waals surface area contributed by atoms with Gasteiger partial charge in [-0.3, -0.25) is 4.79 Å². The van der Waals surface area contributed by atoms with Crippen molar-refractivity contribution in [3.05, 3.63) is 30.3 Å². The molecule has 1 rings (SSSR count). The van der Waals surface area contributed by atoms with E-state index in [-0.39, 0.29) is 36.4 Å². The smallest absolute Gasteiger partial charge is 0.241 e. The first-order valence-corrected chi connectivity index (χ1v) is 8.11. The van der Waals surface area contributed by atoms with Crippen molar-refractivity contribution in [3.8, 4) is 5.75 Å². The van der Waals surface area contributed by atoms with E-state index in [1.807, 2.05) is 56.1 Å². The fourth-order valence-corrected chi connectivity index (χ4v) is 1.86. The van der Waals surface area contributed by atoms with E-state index in [0.29, 0.717) is 25.7 Å². The lowest BCUT2D eigenvalue weighted by atomic mass is 10.3. The third-order valence-corrected chi connectivity index (χ3v) is 3.08. The van der Waals surface area contributed by atoms with Crippen LogP contribution >= 0.6 is 24.0 Å². The standard InChI is InChI=1S/C17H28N4O2.HI/c1-4-11-19-16(22)14-20-17(18-5-2)21(3)12-13-23-15-9-7-6-8-10-15;/h6-10H,4-5,11-14H2,1-3H3,(H,18,20)(H,19,22);1H. The Balaban J connectivity index is 0.00000529. The summed E-state index contributed by atoms with van der Waals surface area (Å²) in [5.74, 6) is 1.49. The molecule has 1 aromatic carbocycles.